The quantitative estimate of drug-likeness (QED) is 0.864. The molecule has 0 amide bonds. The number of likely N-dealkylation sites (tertiary alicyclic amines) is 1. The van der Waals surface area contributed by atoms with E-state index in [1.807, 2.05) is 0 Å². The summed E-state index contributed by atoms with van der Waals surface area (Å²) in [6.45, 7) is 15.6. The molecule has 0 spiro atoms. The highest BCUT2D eigenvalue weighted by molar-refractivity contribution is 5.05. The SMILES string of the molecule is CCOC1CCCN(C2(CN)CC(C)(C)CC(C)(C)C2)C1. The minimum Gasteiger partial charge on any atom is -0.377 e. The molecule has 2 fully saturated rings. The summed E-state index contributed by atoms with van der Waals surface area (Å²) in [6.07, 6.45) is 6.59. The van der Waals surface area contributed by atoms with E-state index < -0.39 is 0 Å². The maximum atomic E-state index is 6.35. The molecule has 1 heterocycles. The van der Waals surface area contributed by atoms with Crippen LogP contribution in [0.5, 0.6) is 0 Å². The summed E-state index contributed by atoms with van der Waals surface area (Å²) in [7, 11) is 0. The topological polar surface area (TPSA) is 38.5 Å². The molecule has 2 N–H and O–H groups in total. The average Bonchev–Trinajstić information content (AvgIpc) is 2.36. The van der Waals surface area contributed by atoms with Gasteiger partial charge in [-0.2, -0.15) is 0 Å². The maximum absolute atomic E-state index is 6.35. The van der Waals surface area contributed by atoms with E-state index in [9.17, 15) is 0 Å². The van der Waals surface area contributed by atoms with Crippen molar-refractivity contribution >= 4 is 0 Å². The number of piperidine rings is 1. The molecule has 1 aliphatic heterocycles. The van der Waals surface area contributed by atoms with E-state index in [4.69, 9.17) is 10.5 Å². The molecule has 3 heteroatoms. The van der Waals surface area contributed by atoms with Gasteiger partial charge in [0.15, 0.2) is 0 Å². The largest absolute Gasteiger partial charge is 0.377 e. The van der Waals surface area contributed by atoms with Gasteiger partial charge in [-0.15, -0.1) is 0 Å². The highest BCUT2D eigenvalue weighted by atomic mass is 16.5. The standard InChI is InChI=1S/C18H36N2O/c1-6-21-15-8-7-9-20(10-15)18(14-19)12-16(2,3)11-17(4,5)13-18/h15H,6-14,19H2,1-5H3. The lowest BCUT2D eigenvalue weighted by molar-refractivity contribution is -0.0847. The monoisotopic (exact) mass is 296 g/mol. The normalized spacial score (nSPS) is 32.0. The minimum absolute atomic E-state index is 0.168. The summed E-state index contributed by atoms with van der Waals surface area (Å²) >= 11 is 0. The van der Waals surface area contributed by atoms with Gasteiger partial charge in [-0.3, -0.25) is 4.90 Å². The Morgan fingerprint density at radius 3 is 2.24 bits per heavy atom. The molecule has 2 aliphatic rings. The van der Waals surface area contributed by atoms with Crippen LogP contribution in [0.1, 0.15) is 66.7 Å². The van der Waals surface area contributed by atoms with Gasteiger partial charge in [0.05, 0.1) is 6.10 Å². The summed E-state index contributed by atoms with van der Waals surface area (Å²) in [5.41, 5.74) is 7.27. The van der Waals surface area contributed by atoms with Crippen LogP contribution < -0.4 is 5.73 Å². The Morgan fingerprint density at radius 2 is 1.71 bits per heavy atom. The van der Waals surface area contributed by atoms with Crippen LogP contribution in [0.4, 0.5) is 0 Å². The van der Waals surface area contributed by atoms with Crippen molar-refractivity contribution in [1.29, 1.82) is 0 Å². The zero-order valence-electron chi connectivity index (χ0n) is 14.9. The first-order valence-corrected chi connectivity index (χ1v) is 8.79. The molecule has 124 valence electrons. The third-order valence-electron chi connectivity index (χ3n) is 5.40. The van der Waals surface area contributed by atoms with Crippen molar-refractivity contribution in [2.45, 2.75) is 78.4 Å². The van der Waals surface area contributed by atoms with Crippen LogP contribution in [0, 0.1) is 10.8 Å². The molecule has 21 heavy (non-hydrogen) atoms. The summed E-state index contributed by atoms with van der Waals surface area (Å²) < 4.78 is 5.91. The van der Waals surface area contributed by atoms with Gasteiger partial charge in [0.1, 0.15) is 0 Å². The number of hydrogen-bond acceptors (Lipinski definition) is 3. The third-order valence-corrected chi connectivity index (χ3v) is 5.40. The van der Waals surface area contributed by atoms with E-state index in [0.717, 1.165) is 19.7 Å². The molecule has 0 aromatic carbocycles. The fraction of sp³-hybridized carbons (Fsp3) is 1.00. The smallest absolute Gasteiger partial charge is 0.0702 e. The van der Waals surface area contributed by atoms with Crippen molar-refractivity contribution < 1.29 is 4.74 Å². The van der Waals surface area contributed by atoms with Gasteiger partial charge in [-0.25, -0.2) is 0 Å². The second kappa shape index (κ2) is 6.17. The summed E-state index contributed by atoms with van der Waals surface area (Å²) in [4.78, 5) is 2.68. The Kier molecular flexibility index (Phi) is 5.07. The van der Waals surface area contributed by atoms with Gasteiger partial charge in [-0.1, -0.05) is 27.7 Å². The van der Waals surface area contributed by atoms with E-state index in [1.54, 1.807) is 0 Å². The highest BCUT2D eigenvalue weighted by Crippen LogP contribution is 2.52. The molecule has 1 unspecified atom stereocenters. The molecule has 1 saturated carbocycles. The van der Waals surface area contributed by atoms with Gasteiger partial charge in [0.2, 0.25) is 0 Å². The van der Waals surface area contributed by atoms with Gasteiger partial charge < -0.3 is 10.5 Å². The maximum Gasteiger partial charge on any atom is 0.0702 e. The molecular formula is C18H36N2O. The van der Waals surface area contributed by atoms with E-state index >= 15 is 0 Å². The van der Waals surface area contributed by atoms with Crippen molar-refractivity contribution in [3.8, 4) is 0 Å². The molecule has 0 aromatic rings. The first-order chi connectivity index (χ1) is 9.72. The Morgan fingerprint density at radius 1 is 1.10 bits per heavy atom. The second-order valence-electron chi connectivity index (χ2n) is 8.95. The number of nitrogens with zero attached hydrogens (tertiary/aromatic N) is 1. The molecule has 0 radical (unpaired) electrons. The fourth-order valence-corrected chi connectivity index (χ4v) is 5.50. The average molecular weight is 296 g/mol. The van der Waals surface area contributed by atoms with Gasteiger partial charge in [0, 0.05) is 25.2 Å². The molecule has 0 aromatic heterocycles. The van der Waals surface area contributed by atoms with Crippen LogP contribution in [0.15, 0.2) is 0 Å². The van der Waals surface area contributed by atoms with Crippen molar-refractivity contribution in [1.82, 2.24) is 4.90 Å². The van der Waals surface area contributed by atoms with E-state index in [0.29, 0.717) is 16.9 Å². The van der Waals surface area contributed by atoms with Gasteiger partial charge in [-0.05, 0) is 56.4 Å². The zero-order valence-corrected chi connectivity index (χ0v) is 14.9. The number of nitrogens with two attached hydrogens (primary N) is 1. The molecule has 0 bridgehead atoms. The number of rotatable bonds is 4. The van der Waals surface area contributed by atoms with E-state index in [-0.39, 0.29) is 5.54 Å². The van der Waals surface area contributed by atoms with Gasteiger partial charge >= 0.3 is 0 Å². The first kappa shape index (κ1) is 17.2. The summed E-state index contributed by atoms with van der Waals surface area (Å²) in [6, 6.07) is 0. The highest BCUT2D eigenvalue weighted by Gasteiger charge is 2.50. The summed E-state index contributed by atoms with van der Waals surface area (Å²) in [5, 5.41) is 0. The van der Waals surface area contributed by atoms with Crippen molar-refractivity contribution in [3.05, 3.63) is 0 Å². The molecule has 3 nitrogen and oxygen atoms in total. The van der Waals surface area contributed by atoms with Crippen molar-refractivity contribution in [2.75, 3.05) is 26.2 Å². The predicted octanol–water partition coefficient (Wildman–Crippen LogP) is 3.42. The Bertz CT molecular complexity index is 333. The van der Waals surface area contributed by atoms with Crippen LogP contribution >= 0.6 is 0 Å². The number of hydrogen-bond donors (Lipinski definition) is 1. The second-order valence-corrected chi connectivity index (χ2v) is 8.95. The Hall–Kier alpha value is -0.120. The first-order valence-electron chi connectivity index (χ1n) is 8.79. The minimum atomic E-state index is 0.168. The number of ether oxygens (including phenoxy) is 1. The van der Waals surface area contributed by atoms with Crippen LogP contribution in [-0.4, -0.2) is 42.8 Å². The van der Waals surface area contributed by atoms with Crippen LogP contribution in [0.25, 0.3) is 0 Å². The lowest BCUT2D eigenvalue weighted by atomic mass is 9.57. The lowest BCUT2D eigenvalue weighted by Crippen LogP contribution is -2.63. The predicted molar refractivity (Wildman–Crippen MR) is 89.4 cm³/mol. The molecule has 1 atom stereocenters. The van der Waals surface area contributed by atoms with Crippen molar-refractivity contribution in [2.24, 2.45) is 16.6 Å². The Balaban J connectivity index is 2.19. The zero-order chi connectivity index (χ0) is 15.7. The van der Waals surface area contributed by atoms with Gasteiger partial charge in [0.25, 0.3) is 0 Å². The van der Waals surface area contributed by atoms with E-state index in [1.165, 1.54) is 38.6 Å². The fourth-order valence-electron chi connectivity index (χ4n) is 5.50. The van der Waals surface area contributed by atoms with Crippen LogP contribution in [0.3, 0.4) is 0 Å². The van der Waals surface area contributed by atoms with E-state index in [2.05, 4.69) is 39.5 Å². The van der Waals surface area contributed by atoms with Crippen LogP contribution in [0.2, 0.25) is 0 Å². The molecule has 2 rings (SSSR count). The van der Waals surface area contributed by atoms with Crippen LogP contribution in [-0.2, 0) is 4.74 Å². The van der Waals surface area contributed by atoms with Crippen molar-refractivity contribution in [3.63, 3.8) is 0 Å². The Labute approximate surface area is 131 Å². The lowest BCUT2D eigenvalue weighted by Gasteiger charge is -2.57. The molecular weight excluding hydrogens is 260 g/mol. The molecule has 1 aliphatic carbocycles. The third kappa shape index (κ3) is 4.00. The summed E-state index contributed by atoms with van der Waals surface area (Å²) in [5.74, 6) is 0. The molecule has 1 saturated heterocycles.